The molecule has 1 fully saturated rings. The van der Waals surface area contributed by atoms with E-state index in [0.29, 0.717) is 29.4 Å². The molecule has 2 aliphatic heterocycles. The van der Waals surface area contributed by atoms with Gasteiger partial charge in [0.1, 0.15) is 0 Å². The van der Waals surface area contributed by atoms with Crippen LogP contribution in [0.25, 0.3) is 0 Å². The Bertz CT molecular complexity index is 973. The molecule has 0 aromatic heterocycles. The molecule has 0 atom stereocenters. The number of hydrogen-bond donors (Lipinski definition) is 1. The number of rotatable bonds is 4. The van der Waals surface area contributed by atoms with Crippen molar-refractivity contribution in [3.05, 3.63) is 58.1 Å². The van der Waals surface area contributed by atoms with Crippen molar-refractivity contribution in [2.24, 2.45) is 5.16 Å². The van der Waals surface area contributed by atoms with Crippen LogP contribution >= 0.6 is 23.2 Å². The zero-order valence-corrected chi connectivity index (χ0v) is 16.9. The van der Waals surface area contributed by atoms with Crippen LogP contribution in [0.3, 0.4) is 0 Å². The van der Waals surface area contributed by atoms with Crippen LogP contribution in [-0.2, 0) is 14.4 Å². The molecule has 150 valence electrons. The molecule has 0 unspecified atom stereocenters. The van der Waals surface area contributed by atoms with Crippen LogP contribution in [0.2, 0.25) is 10.0 Å². The van der Waals surface area contributed by atoms with E-state index in [2.05, 4.69) is 27.5 Å². The van der Waals surface area contributed by atoms with Crippen LogP contribution in [0, 0.1) is 0 Å². The third kappa shape index (κ3) is 4.02. The highest BCUT2D eigenvalue weighted by atomic mass is 35.5. The molecule has 0 saturated carbocycles. The molecule has 29 heavy (non-hydrogen) atoms. The highest BCUT2D eigenvalue weighted by molar-refractivity contribution is 6.56. The number of para-hydroxylation sites is 1. The molecular formula is C20H18Cl2N4O3. The first-order valence-corrected chi connectivity index (χ1v) is 9.87. The number of anilines is 2. The van der Waals surface area contributed by atoms with Gasteiger partial charge in [0.15, 0.2) is 12.3 Å². The Morgan fingerprint density at radius 2 is 1.79 bits per heavy atom. The summed E-state index contributed by atoms with van der Waals surface area (Å²) in [7, 11) is 0. The first kappa shape index (κ1) is 19.5. The SMILES string of the molecule is O=C1Nc2c(ccc(Cl)c2Cl)C1=NOCC(=O)N1CCN(c2ccccc2)CC1. The van der Waals surface area contributed by atoms with Gasteiger partial charge < -0.3 is 20.0 Å². The number of benzene rings is 2. The average Bonchev–Trinajstić information content (AvgIpc) is 3.07. The summed E-state index contributed by atoms with van der Waals surface area (Å²) in [5.74, 6) is -0.622. The van der Waals surface area contributed by atoms with Gasteiger partial charge >= 0.3 is 0 Å². The lowest BCUT2D eigenvalue weighted by Gasteiger charge is -2.35. The van der Waals surface area contributed by atoms with E-state index in [9.17, 15) is 9.59 Å². The molecule has 7 nitrogen and oxygen atoms in total. The number of nitrogens with one attached hydrogen (secondary N) is 1. The van der Waals surface area contributed by atoms with Gasteiger partial charge in [-0.1, -0.05) is 46.6 Å². The van der Waals surface area contributed by atoms with E-state index in [1.54, 1.807) is 17.0 Å². The van der Waals surface area contributed by atoms with Gasteiger partial charge in [-0.25, -0.2) is 0 Å². The van der Waals surface area contributed by atoms with Crippen LogP contribution in [0.1, 0.15) is 5.56 Å². The van der Waals surface area contributed by atoms with Crippen LogP contribution in [0.15, 0.2) is 47.6 Å². The second kappa shape index (κ2) is 8.31. The van der Waals surface area contributed by atoms with Crippen LogP contribution in [0.4, 0.5) is 11.4 Å². The maximum Gasteiger partial charge on any atom is 0.278 e. The number of piperazine rings is 1. The van der Waals surface area contributed by atoms with E-state index >= 15 is 0 Å². The summed E-state index contributed by atoms with van der Waals surface area (Å²) in [5.41, 5.74) is 2.11. The van der Waals surface area contributed by atoms with E-state index in [-0.39, 0.29) is 23.2 Å². The van der Waals surface area contributed by atoms with Crippen molar-refractivity contribution < 1.29 is 14.4 Å². The highest BCUT2D eigenvalue weighted by Crippen LogP contribution is 2.36. The van der Waals surface area contributed by atoms with Crippen molar-refractivity contribution >= 4 is 52.1 Å². The van der Waals surface area contributed by atoms with Gasteiger partial charge in [0.2, 0.25) is 0 Å². The number of halogens is 2. The molecule has 2 aromatic rings. The summed E-state index contributed by atoms with van der Waals surface area (Å²) < 4.78 is 0. The summed E-state index contributed by atoms with van der Waals surface area (Å²) in [6.07, 6.45) is 0. The molecule has 2 aliphatic rings. The minimum Gasteiger partial charge on any atom is -0.385 e. The fourth-order valence-electron chi connectivity index (χ4n) is 3.35. The average molecular weight is 433 g/mol. The van der Waals surface area contributed by atoms with Crippen molar-refractivity contribution in [3.63, 3.8) is 0 Å². The quantitative estimate of drug-likeness (QED) is 0.753. The van der Waals surface area contributed by atoms with Crippen molar-refractivity contribution in [1.29, 1.82) is 0 Å². The van der Waals surface area contributed by atoms with Gasteiger partial charge in [-0.15, -0.1) is 0 Å². The van der Waals surface area contributed by atoms with E-state index < -0.39 is 5.91 Å². The van der Waals surface area contributed by atoms with Crippen LogP contribution < -0.4 is 10.2 Å². The monoisotopic (exact) mass is 432 g/mol. The van der Waals surface area contributed by atoms with E-state index in [4.69, 9.17) is 28.0 Å². The minimum atomic E-state index is -0.451. The number of amides is 2. The molecule has 0 bridgehead atoms. The maximum atomic E-state index is 12.4. The summed E-state index contributed by atoms with van der Waals surface area (Å²) in [6, 6.07) is 13.3. The molecule has 0 spiro atoms. The van der Waals surface area contributed by atoms with Crippen molar-refractivity contribution in [3.8, 4) is 0 Å². The number of carbonyl (C=O) groups excluding carboxylic acids is 2. The molecule has 0 aliphatic carbocycles. The second-order valence-electron chi connectivity index (χ2n) is 6.65. The highest BCUT2D eigenvalue weighted by Gasteiger charge is 2.30. The van der Waals surface area contributed by atoms with Gasteiger partial charge in [-0.3, -0.25) is 9.59 Å². The Balaban J connectivity index is 1.33. The number of oxime groups is 1. The normalized spacial score (nSPS) is 17.3. The van der Waals surface area contributed by atoms with E-state index in [1.807, 2.05) is 18.2 Å². The molecule has 0 radical (unpaired) electrons. The summed E-state index contributed by atoms with van der Waals surface area (Å²) in [6.45, 7) is 2.47. The molecule has 4 rings (SSSR count). The molecular weight excluding hydrogens is 415 g/mol. The van der Waals surface area contributed by atoms with Gasteiger partial charge in [0.05, 0.1) is 15.7 Å². The lowest BCUT2D eigenvalue weighted by atomic mass is 10.1. The Labute approximate surface area is 177 Å². The minimum absolute atomic E-state index is 0.0697. The first-order valence-electron chi connectivity index (χ1n) is 9.12. The maximum absolute atomic E-state index is 12.4. The zero-order valence-electron chi connectivity index (χ0n) is 15.4. The number of hydrogen-bond acceptors (Lipinski definition) is 5. The Morgan fingerprint density at radius 1 is 1.07 bits per heavy atom. The van der Waals surface area contributed by atoms with Gasteiger partial charge in [0.25, 0.3) is 11.8 Å². The Kier molecular flexibility index (Phi) is 5.60. The summed E-state index contributed by atoms with van der Waals surface area (Å²) in [5, 5.41) is 7.05. The Hall–Kier alpha value is -2.77. The van der Waals surface area contributed by atoms with E-state index in [1.165, 1.54) is 0 Å². The molecule has 9 heteroatoms. The first-order chi connectivity index (χ1) is 14.0. The number of fused-ring (bicyclic) bond motifs is 1. The van der Waals surface area contributed by atoms with Gasteiger partial charge in [-0.05, 0) is 24.3 Å². The smallest absolute Gasteiger partial charge is 0.278 e. The van der Waals surface area contributed by atoms with Crippen molar-refractivity contribution in [2.75, 3.05) is 43.0 Å². The molecule has 1 saturated heterocycles. The summed E-state index contributed by atoms with van der Waals surface area (Å²) in [4.78, 5) is 33.7. The van der Waals surface area contributed by atoms with Crippen LogP contribution in [0.5, 0.6) is 0 Å². The predicted molar refractivity (Wildman–Crippen MR) is 113 cm³/mol. The van der Waals surface area contributed by atoms with Crippen LogP contribution in [-0.4, -0.2) is 55.2 Å². The lowest BCUT2D eigenvalue weighted by molar-refractivity contribution is -0.136. The second-order valence-corrected chi connectivity index (χ2v) is 7.44. The largest absolute Gasteiger partial charge is 0.385 e. The molecule has 2 aromatic carbocycles. The topological polar surface area (TPSA) is 74.2 Å². The predicted octanol–water partition coefficient (Wildman–Crippen LogP) is 3.02. The zero-order chi connectivity index (χ0) is 20.4. The lowest BCUT2D eigenvalue weighted by Crippen LogP contribution is -2.49. The fourth-order valence-corrected chi connectivity index (χ4v) is 3.72. The van der Waals surface area contributed by atoms with Gasteiger partial charge in [0, 0.05) is 37.4 Å². The van der Waals surface area contributed by atoms with Crippen molar-refractivity contribution in [1.82, 2.24) is 4.90 Å². The Morgan fingerprint density at radius 3 is 2.52 bits per heavy atom. The standard InChI is InChI=1S/C20H18Cl2N4O3/c21-15-7-6-14-18(17(15)22)23-20(28)19(14)24-29-12-16(27)26-10-8-25(9-11-26)13-4-2-1-3-5-13/h1-7H,8-12H2,(H,23,24,28). The van der Waals surface area contributed by atoms with E-state index in [0.717, 1.165) is 18.8 Å². The molecule has 1 N–H and O–H groups in total. The number of nitrogens with zero attached hydrogens (tertiary/aromatic N) is 3. The third-order valence-corrected chi connectivity index (χ3v) is 5.71. The molecule has 2 amide bonds. The molecule has 2 heterocycles. The van der Waals surface area contributed by atoms with Crippen molar-refractivity contribution in [2.45, 2.75) is 0 Å². The van der Waals surface area contributed by atoms with Gasteiger partial charge in [-0.2, -0.15) is 0 Å². The third-order valence-electron chi connectivity index (χ3n) is 4.90. The fraction of sp³-hybridized carbons (Fsp3) is 0.250. The summed E-state index contributed by atoms with van der Waals surface area (Å²) >= 11 is 12.1. The number of carbonyl (C=O) groups is 2.